The Kier molecular flexibility index (Phi) is 5.29. The summed E-state index contributed by atoms with van der Waals surface area (Å²) in [7, 11) is 0. The zero-order valence-electron chi connectivity index (χ0n) is 14.5. The van der Waals surface area contributed by atoms with Crippen molar-refractivity contribution >= 4 is 28.2 Å². The van der Waals surface area contributed by atoms with Gasteiger partial charge in [-0.05, 0) is 18.6 Å². The molecule has 3 aromatic rings. The molecule has 0 aliphatic carbocycles. The Balaban J connectivity index is 2.05. The molecule has 1 aromatic heterocycles. The molecule has 0 fully saturated rings. The molecule has 0 aliphatic heterocycles. The van der Waals surface area contributed by atoms with E-state index in [0.717, 1.165) is 0 Å². The largest absolute Gasteiger partial charge is 0.507 e. The van der Waals surface area contributed by atoms with E-state index in [1.807, 2.05) is 0 Å². The molecule has 0 radical (unpaired) electrons. The van der Waals surface area contributed by atoms with Crippen LogP contribution in [0.25, 0.3) is 11.1 Å². The lowest BCUT2D eigenvalue weighted by Gasteiger charge is -2.09. The Labute approximate surface area is 164 Å². The molecule has 29 heavy (non-hydrogen) atoms. The lowest BCUT2D eigenvalue weighted by atomic mass is 10.0. The fourth-order valence-corrected chi connectivity index (χ4v) is 3.55. The summed E-state index contributed by atoms with van der Waals surface area (Å²) in [5, 5.41) is 22.3. The molecule has 1 heterocycles. The third-order valence-electron chi connectivity index (χ3n) is 4.08. The van der Waals surface area contributed by atoms with Crippen LogP contribution in [0.3, 0.4) is 0 Å². The van der Waals surface area contributed by atoms with Gasteiger partial charge in [0, 0.05) is 22.6 Å². The number of phenols is 1. The molecule has 0 saturated carbocycles. The molecular formula is C19H11F4NO4S. The van der Waals surface area contributed by atoms with Crippen LogP contribution in [0.5, 0.6) is 5.75 Å². The second-order valence-electron chi connectivity index (χ2n) is 5.95. The van der Waals surface area contributed by atoms with E-state index in [1.165, 1.54) is 24.4 Å². The fraction of sp³-hybridized carbons (Fsp3) is 0.0526. The van der Waals surface area contributed by atoms with Crippen molar-refractivity contribution in [3.63, 3.8) is 0 Å². The number of halogens is 4. The summed E-state index contributed by atoms with van der Waals surface area (Å²) < 4.78 is 54.7. The van der Waals surface area contributed by atoms with E-state index in [2.05, 4.69) is 5.32 Å². The van der Waals surface area contributed by atoms with Crippen LogP contribution in [0.15, 0.2) is 29.6 Å². The number of anilines is 1. The Bertz CT molecular complexity index is 1160. The Morgan fingerprint density at radius 1 is 1.00 bits per heavy atom. The van der Waals surface area contributed by atoms with Crippen molar-refractivity contribution in [2.45, 2.75) is 6.92 Å². The lowest BCUT2D eigenvalue weighted by molar-refractivity contribution is 0.0699. The number of hydrogen-bond donors (Lipinski definition) is 3. The minimum Gasteiger partial charge on any atom is -0.507 e. The van der Waals surface area contributed by atoms with Crippen LogP contribution in [0.2, 0.25) is 0 Å². The van der Waals surface area contributed by atoms with E-state index in [4.69, 9.17) is 0 Å². The first-order valence-electron chi connectivity index (χ1n) is 7.91. The summed E-state index contributed by atoms with van der Waals surface area (Å²) >= 11 is 0.703. The first-order valence-corrected chi connectivity index (χ1v) is 8.78. The predicted molar refractivity (Wildman–Crippen MR) is 97.3 cm³/mol. The van der Waals surface area contributed by atoms with Crippen LogP contribution in [0, 0.1) is 30.2 Å². The third kappa shape index (κ3) is 3.66. The SMILES string of the molecule is Cc1ccc(-c2csc(NC(=O)c3cc(F)c(F)cc3O)c2C(=O)O)c(F)c1F. The monoisotopic (exact) mass is 425 g/mol. The van der Waals surface area contributed by atoms with Gasteiger partial charge in [0.1, 0.15) is 16.3 Å². The fourth-order valence-electron chi connectivity index (χ4n) is 2.60. The van der Waals surface area contributed by atoms with E-state index in [9.17, 15) is 37.4 Å². The zero-order chi connectivity index (χ0) is 21.5. The van der Waals surface area contributed by atoms with Gasteiger partial charge in [0.2, 0.25) is 0 Å². The second-order valence-corrected chi connectivity index (χ2v) is 6.83. The molecule has 150 valence electrons. The van der Waals surface area contributed by atoms with E-state index in [0.29, 0.717) is 23.5 Å². The number of thiophene rings is 1. The first kappa shape index (κ1) is 20.3. The van der Waals surface area contributed by atoms with Crippen molar-refractivity contribution in [2.24, 2.45) is 0 Å². The molecule has 0 aliphatic rings. The van der Waals surface area contributed by atoms with Crippen molar-refractivity contribution in [3.8, 4) is 16.9 Å². The normalized spacial score (nSPS) is 10.8. The van der Waals surface area contributed by atoms with Crippen LogP contribution in [-0.2, 0) is 0 Å². The maximum absolute atomic E-state index is 14.3. The summed E-state index contributed by atoms with van der Waals surface area (Å²) in [6.45, 7) is 1.34. The number of carbonyl (C=O) groups excluding carboxylic acids is 1. The number of carboxylic acids is 1. The van der Waals surface area contributed by atoms with Gasteiger partial charge in [-0.2, -0.15) is 0 Å². The van der Waals surface area contributed by atoms with Crippen molar-refractivity contribution in [2.75, 3.05) is 5.32 Å². The van der Waals surface area contributed by atoms with Gasteiger partial charge in [0.25, 0.3) is 5.91 Å². The third-order valence-corrected chi connectivity index (χ3v) is 4.98. The number of carbonyl (C=O) groups is 2. The van der Waals surface area contributed by atoms with Crippen molar-refractivity contribution in [1.82, 2.24) is 0 Å². The summed E-state index contributed by atoms with van der Waals surface area (Å²) in [5.74, 6) is -8.67. The second kappa shape index (κ2) is 7.55. The molecule has 2 aromatic carbocycles. The molecule has 0 saturated heterocycles. The molecule has 10 heteroatoms. The number of amides is 1. The Hall–Kier alpha value is -3.40. The quantitative estimate of drug-likeness (QED) is 0.517. The standard InChI is InChI=1S/C19H11F4NO4S/c1-7-2-3-8(16(23)15(7)22)10-6-29-18(14(10)19(27)28)24-17(26)9-4-11(20)12(21)5-13(9)25/h2-6,25H,1H3,(H,24,26)(H,27,28). The van der Waals surface area contributed by atoms with E-state index >= 15 is 0 Å². The number of aromatic hydroxyl groups is 1. The van der Waals surface area contributed by atoms with Crippen LogP contribution in [0.1, 0.15) is 26.3 Å². The van der Waals surface area contributed by atoms with Gasteiger partial charge in [0.05, 0.1) is 5.56 Å². The Morgan fingerprint density at radius 2 is 1.66 bits per heavy atom. The van der Waals surface area contributed by atoms with Gasteiger partial charge in [-0.15, -0.1) is 11.3 Å². The minimum atomic E-state index is -1.54. The van der Waals surface area contributed by atoms with Crippen LogP contribution in [-0.4, -0.2) is 22.1 Å². The van der Waals surface area contributed by atoms with Crippen molar-refractivity contribution in [3.05, 3.63) is 69.6 Å². The summed E-state index contributed by atoms with van der Waals surface area (Å²) in [6, 6.07) is 3.32. The van der Waals surface area contributed by atoms with Crippen molar-refractivity contribution < 1.29 is 37.4 Å². The average molecular weight is 425 g/mol. The number of rotatable bonds is 4. The summed E-state index contributed by atoms with van der Waals surface area (Å²) in [5.41, 5.74) is -1.63. The van der Waals surface area contributed by atoms with Crippen molar-refractivity contribution in [1.29, 1.82) is 0 Å². The minimum absolute atomic E-state index is 0.0284. The number of phenolic OH excluding ortho intramolecular Hbond substituents is 1. The van der Waals surface area contributed by atoms with Gasteiger partial charge in [-0.3, -0.25) is 4.79 Å². The first-order chi connectivity index (χ1) is 13.6. The van der Waals surface area contributed by atoms with Crippen LogP contribution >= 0.6 is 11.3 Å². The zero-order valence-corrected chi connectivity index (χ0v) is 15.3. The molecule has 0 spiro atoms. The highest BCUT2D eigenvalue weighted by molar-refractivity contribution is 7.15. The predicted octanol–water partition coefficient (Wildman–Crippen LogP) is 4.94. The number of benzene rings is 2. The van der Waals surface area contributed by atoms with E-state index in [1.54, 1.807) is 0 Å². The van der Waals surface area contributed by atoms with Crippen LogP contribution in [0.4, 0.5) is 22.6 Å². The maximum Gasteiger partial charge on any atom is 0.339 e. The molecule has 0 bridgehead atoms. The molecule has 3 N–H and O–H groups in total. The molecule has 1 amide bonds. The number of carboxylic acid groups (broad SMARTS) is 1. The number of nitrogens with one attached hydrogen (secondary N) is 1. The van der Waals surface area contributed by atoms with Crippen LogP contribution < -0.4 is 5.32 Å². The van der Waals surface area contributed by atoms with Gasteiger partial charge in [-0.25, -0.2) is 22.4 Å². The maximum atomic E-state index is 14.3. The molecule has 5 nitrogen and oxygen atoms in total. The lowest BCUT2D eigenvalue weighted by Crippen LogP contribution is -2.14. The highest BCUT2D eigenvalue weighted by Crippen LogP contribution is 2.38. The average Bonchev–Trinajstić information content (AvgIpc) is 3.06. The number of aryl methyl sites for hydroxylation is 1. The summed E-state index contributed by atoms with van der Waals surface area (Å²) in [6.07, 6.45) is 0. The highest BCUT2D eigenvalue weighted by atomic mass is 32.1. The molecule has 3 rings (SSSR count). The molecule has 0 unspecified atom stereocenters. The Morgan fingerprint density at radius 3 is 2.31 bits per heavy atom. The van der Waals surface area contributed by atoms with Gasteiger partial charge in [-0.1, -0.05) is 12.1 Å². The van der Waals surface area contributed by atoms with Gasteiger partial charge in [0.15, 0.2) is 23.3 Å². The van der Waals surface area contributed by atoms with Gasteiger partial charge < -0.3 is 15.5 Å². The van der Waals surface area contributed by atoms with Gasteiger partial charge >= 0.3 is 5.97 Å². The van der Waals surface area contributed by atoms with E-state index in [-0.39, 0.29) is 21.7 Å². The number of aromatic carboxylic acids is 1. The highest BCUT2D eigenvalue weighted by Gasteiger charge is 2.25. The molecular weight excluding hydrogens is 414 g/mol. The molecule has 0 atom stereocenters. The van der Waals surface area contributed by atoms with E-state index < -0.39 is 52.0 Å². The number of hydrogen-bond acceptors (Lipinski definition) is 4. The summed E-state index contributed by atoms with van der Waals surface area (Å²) in [4.78, 5) is 24.0. The topological polar surface area (TPSA) is 86.6 Å². The smallest absolute Gasteiger partial charge is 0.339 e.